The Morgan fingerprint density at radius 3 is 2.64 bits per heavy atom. The van der Waals surface area contributed by atoms with E-state index in [4.69, 9.17) is 4.74 Å². The van der Waals surface area contributed by atoms with Crippen LogP contribution >= 0.6 is 0 Å². The molecule has 0 aliphatic rings. The van der Waals surface area contributed by atoms with Crippen molar-refractivity contribution in [2.45, 2.75) is 32.9 Å². The van der Waals surface area contributed by atoms with Crippen molar-refractivity contribution in [3.63, 3.8) is 0 Å². The summed E-state index contributed by atoms with van der Waals surface area (Å²) in [6.45, 7) is 4.75. The molecule has 0 heterocycles. The normalized spacial score (nSPS) is 11.8. The fourth-order valence-corrected chi connectivity index (χ4v) is 2.33. The van der Waals surface area contributed by atoms with Crippen molar-refractivity contribution in [2.24, 2.45) is 0 Å². The molecule has 0 fully saturated rings. The third-order valence-corrected chi connectivity index (χ3v) is 3.91. The van der Waals surface area contributed by atoms with E-state index in [0.717, 1.165) is 23.2 Å². The van der Waals surface area contributed by atoms with E-state index in [9.17, 15) is 9.90 Å². The standard InChI is InChI=1S/C20H26N2O3/c1-3-17(13-23)21-12-16-5-4-6-19(11-16)25-14-20(24)22-18-9-7-15(2)8-10-18/h4-11,17,21,23H,3,12-14H2,1-2H3,(H,22,24)/t17-/m1/s1. The number of carbonyl (C=O) groups is 1. The molecule has 0 saturated carbocycles. The first kappa shape index (κ1) is 19.0. The number of amides is 1. The van der Waals surface area contributed by atoms with E-state index in [0.29, 0.717) is 12.3 Å². The quantitative estimate of drug-likeness (QED) is 0.655. The minimum Gasteiger partial charge on any atom is -0.484 e. The second kappa shape index (κ2) is 9.81. The molecule has 3 N–H and O–H groups in total. The largest absolute Gasteiger partial charge is 0.484 e. The molecule has 0 radical (unpaired) electrons. The Morgan fingerprint density at radius 2 is 1.96 bits per heavy atom. The van der Waals surface area contributed by atoms with Gasteiger partial charge in [0.25, 0.3) is 5.91 Å². The third kappa shape index (κ3) is 6.57. The maximum Gasteiger partial charge on any atom is 0.262 e. The lowest BCUT2D eigenvalue weighted by atomic mass is 10.2. The first-order valence-electron chi connectivity index (χ1n) is 8.53. The number of hydrogen-bond acceptors (Lipinski definition) is 4. The van der Waals surface area contributed by atoms with Gasteiger partial charge in [-0.05, 0) is 43.2 Å². The summed E-state index contributed by atoms with van der Waals surface area (Å²) in [5, 5.41) is 15.3. The van der Waals surface area contributed by atoms with Crippen LogP contribution in [-0.4, -0.2) is 30.3 Å². The Balaban J connectivity index is 1.82. The van der Waals surface area contributed by atoms with E-state index < -0.39 is 0 Å². The molecule has 2 aromatic carbocycles. The Bertz CT molecular complexity index is 667. The van der Waals surface area contributed by atoms with Crippen molar-refractivity contribution in [3.8, 4) is 5.75 Å². The fraction of sp³-hybridized carbons (Fsp3) is 0.350. The summed E-state index contributed by atoms with van der Waals surface area (Å²) < 4.78 is 5.57. The van der Waals surface area contributed by atoms with Gasteiger partial charge >= 0.3 is 0 Å². The van der Waals surface area contributed by atoms with E-state index in [2.05, 4.69) is 10.6 Å². The molecule has 5 nitrogen and oxygen atoms in total. The lowest BCUT2D eigenvalue weighted by molar-refractivity contribution is -0.118. The molecule has 2 aromatic rings. The first-order valence-corrected chi connectivity index (χ1v) is 8.53. The van der Waals surface area contributed by atoms with Crippen LogP contribution in [0.15, 0.2) is 48.5 Å². The monoisotopic (exact) mass is 342 g/mol. The van der Waals surface area contributed by atoms with Gasteiger partial charge in [0.15, 0.2) is 6.61 Å². The number of aliphatic hydroxyl groups excluding tert-OH is 1. The molecular formula is C20H26N2O3. The average molecular weight is 342 g/mol. The van der Waals surface area contributed by atoms with Gasteiger partial charge in [0, 0.05) is 18.3 Å². The lowest BCUT2D eigenvalue weighted by Crippen LogP contribution is -2.31. The Kier molecular flexibility index (Phi) is 7.44. The molecule has 25 heavy (non-hydrogen) atoms. The highest BCUT2D eigenvalue weighted by Gasteiger charge is 2.06. The highest BCUT2D eigenvalue weighted by atomic mass is 16.5. The number of nitrogens with one attached hydrogen (secondary N) is 2. The van der Waals surface area contributed by atoms with Gasteiger partial charge in [0.1, 0.15) is 5.75 Å². The average Bonchev–Trinajstić information content (AvgIpc) is 2.63. The summed E-state index contributed by atoms with van der Waals surface area (Å²) >= 11 is 0. The summed E-state index contributed by atoms with van der Waals surface area (Å²) in [6.07, 6.45) is 0.867. The van der Waals surface area contributed by atoms with E-state index in [1.807, 2.05) is 62.4 Å². The number of ether oxygens (including phenoxy) is 1. The molecule has 2 rings (SSSR count). The van der Waals surface area contributed by atoms with Gasteiger partial charge in [-0.25, -0.2) is 0 Å². The van der Waals surface area contributed by atoms with Gasteiger partial charge < -0.3 is 20.5 Å². The van der Waals surface area contributed by atoms with Crippen LogP contribution in [0.4, 0.5) is 5.69 Å². The number of benzene rings is 2. The van der Waals surface area contributed by atoms with Crippen LogP contribution in [0.2, 0.25) is 0 Å². The van der Waals surface area contributed by atoms with Crippen molar-refractivity contribution in [3.05, 3.63) is 59.7 Å². The topological polar surface area (TPSA) is 70.6 Å². The zero-order valence-corrected chi connectivity index (χ0v) is 14.8. The first-order chi connectivity index (χ1) is 12.1. The molecule has 0 bridgehead atoms. The summed E-state index contributed by atoms with van der Waals surface area (Å²) in [5.41, 5.74) is 2.95. The Labute approximate surface area is 149 Å². The van der Waals surface area contributed by atoms with Gasteiger partial charge in [0.2, 0.25) is 0 Å². The van der Waals surface area contributed by atoms with E-state index >= 15 is 0 Å². The van der Waals surface area contributed by atoms with Crippen molar-refractivity contribution < 1.29 is 14.6 Å². The van der Waals surface area contributed by atoms with Crippen molar-refractivity contribution in [2.75, 3.05) is 18.5 Å². The molecule has 0 aliphatic carbocycles. The van der Waals surface area contributed by atoms with Crippen LogP contribution in [0, 0.1) is 6.92 Å². The molecule has 0 saturated heterocycles. The van der Waals surface area contributed by atoms with Crippen LogP contribution in [0.3, 0.4) is 0 Å². The van der Waals surface area contributed by atoms with Crippen LogP contribution in [0.25, 0.3) is 0 Å². The van der Waals surface area contributed by atoms with Crippen molar-refractivity contribution >= 4 is 11.6 Å². The van der Waals surface area contributed by atoms with Gasteiger partial charge in [-0.15, -0.1) is 0 Å². The van der Waals surface area contributed by atoms with Crippen LogP contribution in [0.5, 0.6) is 5.75 Å². The number of carbonyl (C=O) groups excluding carboxylic acids is 1. The van der Waals surface area contributed by atoms with Crippen LogP contribution < -0.4 is 15.4 Å². The lowest BCUT2D eigenvalue weighted by Gasteiger charge is -2.14. The third-order valence-electron chi connectivity index (χ3n) is 3.91. The second-order valence-electron chi connectivity index (χ2n) is 6.02. The number of aryl methyl sites for hydroxylation is 1. The van der Waals surface area contributed by atoms with Gasteiger partial charge in [-0.2, -0.15) is 0 Å². The molecule has 0 aliphatic heterocycles. The fourth-order valence-electron chi connectivity index (χ4n) is 2.33. The Hall–Kier alpha value is -2.37. The highest BCUT2D eigenvalue weighted by molar-refractivity contribution is 5.91. The number of rotatable bonds is 9. The molecule has 0 aromatic heterocycles. The van der Waals surface area contributed by atoms with Gasteiger partial charge in [-0.3, -0.25) is 4.79 Å². The maximum atomic E-state index is 12.0. The maximum absolute atomic E-state index is 12.0. The van der Waals surface area contributed by atoms with E-state index in [-0.39, 0.29) is 25.2 Å². The minimum atomic E-state index is -0.196. The van der Waals surface area contributed by atoms with Crippen LogP contribution in [-0.2, 0) is 11.3 Å². The summed E-state index contributed by atoms with van der Waals surface area (Å²) in [4.78, 5) is 12.0. The van der Waals surface area contributed by atoms with Crippen molar-refractivity contribution in [1.82, 2.24) is 5.32 Å². The zero-order valence-electron chi connectivity index (χ0n) is 14.8. The predicted octanol–water partition coefficient (Wildman–Crippen LogP) is 2.87. The molecular weight excluding hydrogens is 316 g/mol. The minimum absolute atomic E-state index is 0.0427. The highest BCUT2D eigenvalue weighted by Crippen LogP contribution is 2.14. The number of hydrogen-bond donors (Lipinski definition) is 3. The SMILES string of the molecule is CC[C@H](CO)NCc1cccc(OCC(=O)Nc2ccc(C)cc2)c1. The smallest absolute Gasteiger partial charge is 0.262 e. The van der Waals surface area contributed by atoms with Crippen molar-refractivity contribution in [1.29, 1.82) is 0 Å². The van der Waals surface area contributed by atoms with Crippen LogP contribution in [0.1, 0.15) is 24.5 Å². The van der Waals surface area contributed by atoms with E-state index in [1.54, 1.807) is 0 Å². The molecule has 0 unspecified atom stereocenters. The summed E-state index contributed by atoms with van der Waals surface area (Å²) in [6, 6.07) is 15.3. The molecule has 1 amide bonds. The number of aliphatic hydroxyl groups is 1. The second-order valence-corrected chi connectivity index (χ2v) is 6.02. The predicted molar refractivity (Wildman–Crippen MR) is 99.8 cm³/mol. The molecule has 1 atom stereocenters. The van der Waals surface area contributed by atoms with Gasteiger partial charge in [0.05, 0.1) is 6.61 Å². The van der Waals surface area contributed by atoms with E-state index in [1.165, 1.54) is 0 Å². The summed E-state index contributed by atoms with van der Waals surface area (Å²) in [7, 11) is 0. The number of anilines is 1. The zero-order chi connectivity index (χ0) is 18.1. The van der Waals surface area contributed by atoms with Gasteiger partial charge in [-0.1, -0.05) is 36.8 Å². The molecule has 134 valence electrons. The summed E-state index contributed by atoms with van der Waals surface area (Å²) in [5.74, 6) is 0.453. The Morgan fingerprint density at radius 1 is 1.20 bits per heavy atom. The molecule has 5 heteroatoms. The molecule has 0 spiro atoms.